The Morgan fingerprint density at radius 3 is 2.71 bits per heavy atom. The fourth-order valence-electron chi connectivity index (χ4n) is 2.61. The van der Waals surface area contributed by atoms with E-state index in [0.29, 0.717) is 25.6 Å². The molecule has 1 aliphatic heterocycles. The Bertz CT molecular complexity index is 539. The van der Waals surface area contributed by atoms with Crippen LogP contribution in [0.5, 0.6) is 0 Å². The summed E-state index contributed by atoms with van der Waals surface area (Å²) in [6.07, 6.45) is 1.74. The van der Waals surface area contributed by atoms with Gasteiger partial charge in [0.05, 0.1) is 10.5 Å². The van der Waals surface area contributed by atoms with Gasteiger partial charge in [-0.05, 0) is 24.8 Å². The summed E-state index contributed by atoms with van der Waals surface area (Å²) in [5.41, 5.74) is 5.67. The van der Waals surface area contributed by atoms with Gasteiger partial charge in [0.15, 0.2) is 0 Å². The highest BCUT2D eigenvalue weighted by atomic mass is 16.6. The summed E-state index contributed by atoms with van der Waals surface area (Å²) in [4.78, 5) is 24.5. The van der Waals surface area contributed by atoms with Gasteiger partial charge >= 0.3 is 0 Å². The molecule has 1 aromatic rings. The second-order valence-electron chi connectivity index (χ2n) is 5.19. The van der Waals surface area contributed by atoms with Gasteiger partial charge in [0.2, 0.25) is 0 Å². The summed E-state index contributed by atoms with van der Waals surface area (Å²) in [5, 5.41) is 10.9. The van der Waals surface area contributed by atoms with Gasteiger partial charge in [-0.1, -0.05) is 6.07 Å². The largest absolute Gasteiger partial charge is 0.393 e. The SMILES string of the molecule is COCC1CCN(C(=O)c2cccc([N+](=O)[O-])c2N)CC1. The first-order chi connectivity index (χ1) is 10.0. The lowest BCUT2D eigenvalue weighted by Crippen LogP contribution is -2.39. The third kappa shape index (κ3) is 3.30. The third-order valence-electron chi connectivity index (χ3n) is 3.81. The number of nitro benzene ring substituents is 1. The summed E-state index contributed by atoms with van der Waals surface area (Å²) in [7, 11) is 1.67. The Hall–Kier alpha value is -2.15. The van der Waals surface area contributed by atoms with E-state index in [-0.39, 0.29) is 22.8 Å². The molecule has 1 saturated heterocycles. The highest BCUT2D eigenvalue weighted by Gasteiger charge is 2.26. The number of anilines is 1. The molecule has 1 aromatic carbocycles. The number of likely N-dealkylation sites (tertiary alicyclic amines) is 1. The molecular formula is C14H19N3O4. The van der Waals surface area contributed by atoms with Crippen molar-refractivity contribution in [2.75, 3.05) is 32.5 Å². The number of hydrogen-bond acceptors (Lipinski definition) is 5. The molecule has 1 fully saturated rings. The zero-order chi connectivity index (χ0) is 15.4. The second-order valence-corrected chi connectivity index (χ2v) is 5.19. The van der Waals surface area contributed by atoms with Crippen molar-refractivity contribution in [2.24, 2.45) is 5.92 Å². The quantitative estimate of drug-likeness (QED) is 0.517. The normalized spacial score (nSPS) is 16.0. The lowest BCUT2D eigenvalue weighted by Gasteiger charge is -2.31. The number of piperidine rings is 1. The molecule has 0 radical (unpaired) electrons. The maximum Gasteiger partial charge on any atom is 0.292 e. The molecule has 1 heterocycles. The van der Waals surface area contributed by atoms with E-state index in [1.165, 1.54) is 18.2 Å². The summed E-state index contributed by atoms with van der Waals surface area (Å²) >= 11 is 0. The first-order valence-electron chi connectivity index (χ1n) is 6.85. The topological polar surface area (TPSA) is 98.7 Å². The highest BCUT2D eigenvalue weighted by molar-refractivity contribution is 6.01. The minimum Gasteiger partial charge on any atom is -0.393 e. The molecule has 0 aromatic heterocycles. The Kier molecular flexibility index (Phi) is 4.74. The predicted octanol–water partition coefficient (Wildman–Crippen LogP) is 1.68. The van der Waals surface area contributed by atoms with Crippen LogP contribution >= 0.6 is 0 Å². The number of ether oxygens (including phenoxy) is 1. The molecule has 0 spiro atoms. The van der Waals surface area contributed by atoms with Gasteiger partial charge in [-0.2, -0.15) is 0 Å². The van der Waals surface area contributed by atoms with Crippen LogP contribution in [0.1, 0.15) is 23.2 Å². The van der Waals surface area contributed by atoms with Crippen molar-refractivity contribution in [3.8, 4) is 0 Å². The summed E-state index contributed by atoms with van der Waals surface area (Å²) < 4.78 is 5.12. The van der Waals surface area contributed by atoms with Crippen molar-refractivity contribution < 1.29 is 14.5 Å². The van der Waals surface area contributed by atoms with Gasteiger partial charge in [-0.25, -0.2) is 0 Å². The van der Waals surface area contributed by atoms with Crippen LogP contribution < -0.4 is 5.73 Å². The van der Waals surface area contributed by atoms with Crippen LogP contribution in [-0.2, 0) is 4.74 Å². The van der Waals surface area contributed by atoms with Gasteiger partial charge in [-0.15, -0.1) is 0 Å². The van der Waals surface area contributed by atoms with Crippen molar-refractivity contribution in [1.82, 2.24) is 4.90 Å². The molecule has 2 N–H and O–H groups in total. The van der Waals surface area contributed by atoms with Crippen LogP contribution in [0.4, 0.5) is 11.4 Å². The Morgan fingerprint density at radius 1 is 1.48 bits per heavy atom. The van der Waals surface area contributed by atoms with E-state index in [1.54, 1.807) is 12.0 Å². The lowest BCUT2D eigenvalue weighted by atomic mass is 9.97. The minimum atomic E-state index is -0.572. The number of methoxy groups -OCH3 is 1. The van der Waals surface area contributed by atoms with Crippen molar-refractivity contribution >= 4 is 17.3 Å². The molecule has 7 nitrogen and oxygen atoms in total. The molecule has 0 bridgehead atoms. The number of benzene rings is 1. The number of nitro groups is 1. The first kappa shape index (κ1) is 15.2. The van der Waals surface area contributed by atoms with E-state index in [4.69, 9.17) is 10.5 Å². The molecule has 21 heavy (non-hydrogen) atoms. The number of para-hydroxylation sites is 1. The zero-order valence-electron chi connectivity index (χ0n) is 11.9. The molecule has 7 heteroatoms. The molecular weight excluding hydrogens is 274 g/mol. The second kappa shape index (κ2) is 6.53. The zero-order valence-corrected chi connectivity index (χ0v) is 11.9. The number of rotatable bonds is 4. The van der Waals surface area contributed by atoms with E-state index in [9.17, 15) is 14.9 Å². The van der Waals surface area contributed by atoms with Crippen LogP contribution in [0.25, 0.3) is 0 Å². The maximum absolute atomic E-state index is 12.5. The number of carbonyl (C=O) groups is 1. The number of amides is 1. The number of nitrogens with zero attached hydrogens (tertiary/aromatic N) is 2. The molecule has 0 atom stereocenters. The monoisotopic (exact) mass is 293 g/mol. The van der Waals surface area contributed by atoms with Crippen LogP contribution in [0, 0.1) is 16.0 Å². The number of nitrogen functional groups attached to an aromatic ring is 1. The smallest absolute Gasteiger partial charge is 0.292 e. The number of hydrogen-bond donors (Lipinski definition) is 1. The molecule has 114 valence electrons. The Balaban J connectivity index is 2.11. The van der Waals surface area contributed by atoms with Crippen LogP contribution in [0.2, 0.25) is 0 Å². The van der Waals surface area contributed by atoms with E-state index in [1.807, 2.05) is 0 Å². The Morgan fingerprint density at radius 2 is 2.14 bits per heavy atom. The number of carbonyl (C=O) groups excluding carboxylic acids is 1. The standard InChI is InChI=1S/C14H19N3O4/c1-21-9-10-5-7-16(8-6-10)14(18)11-3-2-4-12(13(11)15)17(19)20/h2-4,10H,5-9,15H2,1H3. The first-order valence-corrected chi connectivity index (χ1v) is 6.85. The number of nitrogens with two attached hydrogens (primary N) is 1. The van der Waals surface area contributed by atoms with E-state index in [2.05, 4.69) is 0 Å². The average molecular weight is 293 g/mol. The van der Waals surface area contributed by atoms with Crippen LogP contribution in [-0.4, -0.2) is 42.5 Å². The van der Waals surface area contributed by atoms with Crippen molar-refractivity contribution in [3.63, 3.8) is 0 Å². The summed E-state index contributed by atoms with van der Waals surface area (Å²) in [5.74, 6) is 0.216. The van der Waals surface area contributed by atoms with E-state index < -0.39 is 4.92 Å². The predicted molar refractivity (Wildman–Crippen MR) is 78.0 cm³/mol. The lowest BCUT2D eigenvalue weighted by molar-refractivity contribution is -0.383. The van der Waals surface area contributed by atoms with Gasteiger partial charge < -0.3 is 15.4 Å². The fourth-order valence-corrected chi connectivity index (χ4v) is 2.61. The van der Waals surface area contributed by atoms with Crippen molar-refractivity contribution in [1.29, 1.82) is 0 Å². The molecule has 1 aliphatic rings. The summed E-state index contributed by atoms with van der Waals surface area (Å²) in [6.45, 7) is 1.94. The molecule has 0 unspecified atom stereocenters. The fraction of sp³-hybridized carbons (Fsp3) is 0.500. The van der Waals surface area contributed by atoms with Gasteiger partial charge in [0.25, 0.3) is 11.6 Å². The van der Waals surface area contributed by atoms with Crippen molar-refractivity contribution in [3.05, 3.63) is 33.9 Å². The van der Waals surface area contributed by atoms with Gasteiger partial charge in [0.1, 0.15) is 5.69 Å². The molecule has 2 rings (SSSR count). The maximum atomic E-state index is 12.5. The third-order valence-corrected chi connectivity index (χ3v) is 3.81. The van der Waals surface area contributed by atoms with E-state index in [0.717, 1.165) is 12.8 Å². The summed E-state index contributed by atoms with van der Waals surface area (Å²) in [6, 6.07) is 4.32. The van der Waals surface area contributed by atoms with Gasteiger partial charge in [0, 0.05) is 32.9 Å². The minimum absolute atomic E-state index is 0.0634. The average Bonchev–Trinajstić information content (AvgIpc) is 2.47. The molecule has 0 aliphatic carbocycles. The van der Waals surface area contributed by atoms with Gasteiger partial charge in [-0.3, -0.25) is 14.9 Å². The van der Waals surface area contributed by atoms with Crippen molar-refractivity contribution in [2.45, 2.75) is 12.8 Å². The highest BCUT2D eigenvalue weighted by Crippen LogP contribution is 2.27. The van der Waals surface area contributed by atoms with Crippen LogP contribution in [0.3, 0.4) is 0 Å². The molecule has 0 saturated carbocycles. The van der Waals surface area contributed by atoms with Crippen LogP contribution in [0.15, 0.2) is 18.2 Å². The van der Waals surface area contributed by atoms with E-state index >= 15 is 0 Å². The molecule has 1 amide bonds. The Labute approximate surface area is 122 Å².